The summed E-state index contributed by atoms with van der Waals surface area (Å²) in [6, 6.07) is 10.3. The number of unbranched alkanes of at least 4 members (excludes halogenated alkanes) is 2. The predicted molar refractivity (Wildman–Crippen MR) is 207 cm³/mol. The van der Waals surface area contributed by atoms with Gasteiger partial charge in [0.15, 0.2) is 0 Å². The van der Waals surface area contributed by atoms with E-state index in [1.165, 1.54) is 0 Å². The number of hydrogen-bond donors (Lipinski definition) is 2. The van der Waals surface area contributed by atoms with Gasteiger partial charge >= 0.3 is 6.09 Å². The maximum atomic E-state index is 14.4. The van der Waals surface area contributed by atoms with Crippen LogP contribution in [-0.2, 0) is 23.9 Å². The summed E-state index contributed by atoms with van der Waals surface area (Å²) in [5.74, 6) is 0.598. The molecule has 2 N–H and O–H groups in total. The van der Waals surface area contributed by atoms with E-state index in [0.29, 0.717) is 51.3 Å². The van der Waals surface area contributed by atoms with Gasteiger partial charge < -0.3 is 29.3 Å². The zero-order valence-corrected chi connectivity index (χ0v) is 33.1. The number of amides is 5. The fourth-order valence-corrected chi connectivity index (χ4v) is 9.06. The first-order valence-electron chi connectivity index (χ1n) is 20.7. The number of nitrogens with zero attached hydrogens (tertiary/aromatic N) is 3. The topological polar surface area (TPSA) is 156 Å². The van der Waals surface area contributed by atoms with Crippen molar-refractivity contribution in [1.82, 2.24) is 25.4 Å². The lowest BCUT2D eigenvalue weighted by Crippen LogP contribution is -2.57. The fourth-order valence-electron chi connectivity index (χ4n) is 9.06. The molecular formula is C43H57N5O8. The highest BCUT2D eigenvalue weighted by Gasteiger charge is 2.58. The summed E-state index contributed by atoms with van der Waals surface area (Å²) in [5, 5.41) is 5.23. The molecule has 1 saturated carbocycles. The van der Waals surface area contributed by atoms with Crippen molar-refractivity contribution in [3.63, 3.8) is 0 Å². The van der Waals surface area contributed by atoms with E-state index in [-0.39, 0.29) is 47.0 Å². The summed E-state index contributed by atoms with van der Waals surface area (Å²) < 4.78 is 17.5. The quantitative estimate of drug-likeness (QED) is 0.198. The fraction of sp³-hybridized carbons (Fsp3) is 0.628. The molecule has 1 aromatic heterocycles. The number of pyridine rings is 1. The number of imide groups is 1. The number of rotatable bonds is 12. The van der Waals surface area contributed by atoms with Crippen molar-refractivity contribution in [2.45, 2.75) is 152 Å². The van der Waals surface area contributed by atoms with Crippen molar-refractivity contribution in [2.24, 2.45) is 0 Å². The van der Waals surface area contributed by atoms with Gasteiger partial charge in [-0.25, -0.2) is 9.78 Å². The van der Waals surface area contributed by atoms with Gasteiger partial charge in [0, 0.05) is 42.7 Å². The Balaban J connectivity index is 0.876. The molecular weight excluding hydrogens is 714 g/mol. The molecule has 56 heavy (non-hydrogen) atoms. The Hall–Kier alpha value is -4.68. The van der Waals surface area contributed by atoms with E-state index in [1.807, 2.05) is 41.3 Å². The lowest BCUT2D eigenvalue weighted by atomic mass is 9.90. The van der Waals surface area contributed by atoms with Crippen LogP contribution in [0, 0.1) is 0 Å². The van der Waals surface area contributed by atoms with Crippen LogP contribution in [0.3, 0.4) is 0 Å². The van der Waals surface area contributed by atoms with Crippen LogP contribution in [0.1, 0.15) is 134 Å². The Labute approximate surface area is 329 Å². The third-order valence-electron chi connectivity index (χ3n) is 12.1. The zero-order chi connectivity index (χ0) is 39.5. The third kappa shape index (κ3) is 9.29. The van der Waals surface area contributed by atoms with E-state index in [0.717, 1.165) is 81.1 Å². The third-order valence-corrected chi connectivity index (χ3v) is 12.1. The van der Waals surface area contributed by atoms with Gasteiger partial charge in [-0.05, 0) is 121 Å². The summed E-state index contributed by atoms with van der Waals surface area (Å²) in [7, 11) is 0. The van der Waals surface area contributed by atoms with Gasteiger partial charge in [-0.3, -0.25) is 24.5 Å². The summed E-state index contributed by atoms with van der Waals surface area (Å²) in [5.41, 5.74) is 1.16. The lowest BCUT2D eigenvalue weighted by Gasteiger charge is -2.37. The molecule has 1 aliphatic carbocycles. The maximum absolute atomic E-state index is 14.4. The standard InChI is InChI=1S/C43H57N5O8/c1-42(2,3)56-41(53)45-34-10-6-5-9-31-13-17-35(48(31)39(34)51)40(52)47-27-30(26-43(47)20-21-43)29-19-22-44-37(25-29)55-24-8-4-7-23-54-32-14-11-28(12-15-32)33-16-18-36(49)46-38(33)50/h11-12,14-15,19,22,25,30-31,33-35H,4-10,13,16-18,20-21,23-24,26-27H2,1-3H3,(H,45,53)(H,46,49,50)/t30-,31-,33?,34-,35-/m0/s1. The largest absolute Gasteiger partial charge is 0.494 e. The van der Waals surface area contributed by atoms with Gasteiger partial charge in [0.25, 0.3) is 0 Å². The smallest absolute Gasteiger partial charge is 0.408 e. The first-order valence-corrected chi connectivity index (χ1v) is 20.7. The number of likely N-dealkylation sites (tertiary alicyclic amines) is 1. The molecule has 5 heterocycles. The SMILES string of the molecule is CC(C)(C)OC(=O)N[C@H]1CCCC[C@H]2CC[C@@H](C(=O)N3C[C@@H](c4ccnc(OCCCCCOc5ccc(C6CCC(=O)NC6=O)cc5)c4)CC34CC4)N2C1=O. The Kier molecular flexibility index (Phi) is 11.9. The van der Waals surface area contributed by atoms with Gasteiger partial charge in [-0.1, -0.05) is 25.0 Å². The molecule has 1 unspecified atom stereocenters. The molecule has 1 spiro atoms. The molecule has 7 rings (SSSR count). The van der Waals surface area contributed by atoms with Crippen molar-refractivity contribution >= 4 is 29.7 Å². The second kappa shape index (κ2) is 16.8. The molecule has 5 amide bonds. The van der Waals surface area contributed by atoms with E-state index in [4.69, 9.17) is 14.2 Å². The average molecular weight is 772 g/mol. The number of benzene rings is 1. The average Bonchev–Trinajstić information content (AvgIpc) is 3.64. The predicted octanol–water partition coefficient (Wildman–Crippen LogP) is 5.91. The molecule has 2 aromatic rings. The van der Waals surface area contributed by atoms with Gasteiger partial charge in [-0.15, -0.1) is 0 Å². The number of ether oxygens (including phenoxy) is 3. The van der Waals surface area contributed by atoms with Crippen molar-refractivity contribution in [3.8, 4) is 11.6 Å². The Bertz CT molecular complexity index is 1770. The Morgan fingerprint density at radius 3 is 2.39 bits per heavy atom. The van der Waals surface area contributed by atoms with Crippen molar-refractivity contribution in [1.29, 1.82) is 0 Å². The van der Waals surface area contributed by atoms with Gasteiger partial charge in [0.2, 0.25) is 29.5 Å². The first-order chi connectivity index (χ1) is 26.9. The second-order valence-electron chi connectivity index (χ2n) is 17.3. The molecule has 5 aliphatic rings. The van der Waals surface area contributed by atoms with E-state index in [9.17, 15) is 24.0 Å². The molecule has 0 radical (unpaired) electrons. The molecule has 4 aliphatic heterocycles. The van der Waals surface area contributed by atoms with E-state index < -0.39 is 23.8 Å². The summed E-state index contributed by atoms with van der Waals surface area (Å²) in [6.45, 7) is 7.10. The molecule has 302 valence electrons. The monoisotopic (exact) mass is 771 g/mol. The molecule has 4 saturated heterocycles. The second-order valence-corrected chi connectivity index (χ2v) is 17.3. The van der Waals surface area contributed by atoms with Crippen molar-refractivity contribution in [3.05, 3.63) is 53.7 Å². The van der Waals surface area contributed by atoms with Crippen LogP contribution >= 0.6 is 0 Å². The number of aromatic nitrogens is 1. The highest BCUT2D eigenvalue weighted by molar-refractivity contribution is 6.01. The van der Waals surface area contributed by atoms with Crippen LogP contribution in [0.4, 0.5) is 4.79 Å². The van der Waals surface area contributed by atoms with Crippen LogP contribution in [0.5, 0.6) is 11.6 Å². The maximum Gasteiger partial charge on any atom is 0.408 e. The number of carbonyl (C=O) groups excluding carboxylic acids is 5. The highest BCUT2D eigenvalue weighted by atomic mass is 16.6. The van der Waals surface area contributed by atoms with Gasteiger partial charge in [0.1, 0.15) is 23.4 Å². The molecule has 13 nitrogen and oxygen atoms in total. The molecule has 1 aromatic carbocycles. The highest BCUT2D eigenvalue weighted by Crippen LogP contribution is 2.54. The first kappa shape index (κ1) is 39.6. The minimum absolute atomic E-state index is 0.00609. The summed E-state index contributed by atoms with van der Waals surface area (Å²) in [6.07, 6.45) is 12.2. The molecule has 0 bridgehead atoms. The number of piperidine rings is 1. The summed E-state index contributed by atoms with van der Waals surface area (Å²) >= 11 is 0. The summed E-state index contributed by atoms with van der Waals surface area (Å²) in [4.78, 5) is 73.1. The number of fused-ring (bicyclic) bond motifs is 1. The minimum Gasteiger partial charge on any atom is -0.494 e. The van der Waals surface area contributed by atoms with Crippen LogP contribution < -0.4 is 20.1 Å². The number of nitrogens with one attached hydrogen (secondary N) is 2. The minimum atomic E-state index is -0.705. The van der Waals surface area contributed by atoms with Crippen molar-refractivity contribution in [2.75, 3.05) is 19.8 Å². The Morgan fingerprint density at radius 2 is 1.66 bits per heavy atom. The van der Waals surface area contributed by atoms with E-state index in [1.54, 1.807) is 27.0 Å². The number of alkyl carbamates (subject to hydrolysis) is 1. The number of hydrogen-bond acceptors (Lipinski definition) is 9. The van der Waals surface area contributed by atoms with E-state index in [2.05, 4.69) is 20.5 Å². The molecule has 13 heteroatoms. The Morgan fingerprint density at radius 1 is 0.911 bits per heavy atom. The van der Waals surface area contributed by atoms with Crippen LogP contribution in [0.2, 0.25) is 0 Å². The molecule has 5 fully saturated rings. The molecule has 5 atom stereocenters. The van der Waals surface area contributed by atoms with Gasteiger partial charge in [0.05, 0.1) is 19.1 Å². The van der Waals surface area contributed by atoms with Gasteiger partial charge in [-0.2, -0.15) is 0 Å². The number of carbonyl (C=O) groups is 5. The normalized spacial score (nSPS) is 25.9. The van der Waals surface area contributed by atoms with Crippen LogP contribution in [0.25, 0.3) is 0 Å². The lowest BCUT2D eigenvalue weighted by molar-refractivity contribution is -0.148. The van der Waals surface area contributed by atoms with Crippen molar-refractivity contribution < 1.29 is 38.2 Å². The van der Waals surface area contributed by atoms with Crippen LogP contribution in [-0.4, -0.2) is 93.5 Å². The zero-order valence-electron chi connectivity index (χ0n) is 33.1. The van der Waals surface area contributed by atoms with Crippen LogP contribution in [0.15, 0.2) is 42.6 Å². The van der Waals surface area contributed by atoms with E-state index >= 15 is 0 Å².